The second kappa shape index (κ2) is 10.4. The minimum atomic E-state index is -0.0987. The van der Waals surface area contributed by atoms with Crippen molar-refractivity contribution in [3.8, 4) is 0 Å². The predicted molar refractivity (Wildman–Crippen MR) is 135 cm³/mol. The summed E-state index contributed by atoms with van der Waals surface area (Å²) in [4.78, 5) is 27.3. The van der Waals surface area contributed by atoms with Crippen molar-refractivity contribution in [2.75, 3.05) is 44.3 Å². The number of morpholine rings is 1. The van der Waals surface area contributed by atoms with E-state index in [0.717, 1.165) is 55.1 Å². The molecule has 0 bridgehead atoms. The van der Waals surface area contributed by atoms with Crippen LogP contribution in [-0.2, 0) is 4.74 Å². The summed E-state index contributed by atoms with van der Waals surface area (Å²) in [6.07, 6.45) is 2.72. The Balaban J connectivity index is 0.00000259. The monoisotopic (exact) mass is 505 g/mol. The Hall–Kier alpha value is -2.23. The molecule has 0 radical (unpaired) electrons. The van der Waals surface area contributed by atoms with Crippen LogP contribution in [0.2, 0.25) is 5.02 Å². The Morgan fingerprint density at radius 1 is 1.18 bits per heavy atom. The lowest BCUT2D eigenvalue weighted by Crippen LogP contribution is -2.39. The summed E-state index contributed by atoms with van der Waals surface area (Å²) >= 11 is 7.86. The number of aryl methyl sites for hydroxylation is 1. The second-order valence-corrected chi connectivity index (χ2v) is 9.24. The topological polar surface area (TPSA) is 63.0 Å². The normalized spacial score (nSPS) is 14.5. The molecule has 0 aliphatic carbocycles. The van der Waals surface area contributed by atoms with Crippen molar-refractivity contribution in [3.05, 3.63) is 59.0 Å². The van der Waals surface area contributed by atoms with Gasteiger partial charge in [0.25, 0.3) is 5.91 Å². The van der Waals surface area contributed by atoms with Crippen LogP contribution in [0.5, 0.6) is 0 Å². The largest absolute Gasteiger partial charge is 0.379 e. The summed E-state index contributed by atoms with van der Waals surface area (Å²) in [5.74, 6) is -0.0987. The molecule has 1 amide bonds. The van der Waals surface area contributed by atoms with Crippen molar-refractivity contribution in [3.63, 3.8) is 0 Å². The summed E-state index contributed by atoms with van der Waals surface area (Å²) in [6, 6.07) is 11.5. The molecule has 5 rings (SSSR count). The molecule has 4 aromatic rings. The van der Waals surface area contributed by atoms with Crippen LogP contribution >= 0.6 is 35.3 Å². The summed E-state index contributed by atoms with van der Waals surface area (Å²) in [6.45, 7) is 6.73. The number of benzene rings is 1. The number of aromatic nitrogens is 3. The number of nitrogens with zero attached hydrogens (tertiary/aromatic N) is 5. The summed E-state index contributed by atoms with van der Waals surface area (Å²) < 4.78 is 8.27. The van der Waals surface area contributed by atoms with Crippen molar-refractivity contribution in [2.45, 2.75) is 13.3 Å². The third-order valence-corrected chi connectivity index (χ3v) is 7.05. The van der Waals surface area contributed by atoms with Gasteiger partial charge in [0.1, 0.15) is 16.9 Å². The number of hydrogen-bond donors (Lipinski definition) is 0. The average Bonchev–Trinajstić information content (AvgIpc) is 3.38. The fourth-order valence-corrected chi connectivity index (χ4v) is 5.37. The number of para-hydroxylation sites is 1. The lowest BCUT2D eigenvalue weighted by Gasteiger charge is -2.27. The minimum absolute atomic E-state index is 0. The second-order valence-electron chi connectivity index (χ2n) is 7.82. The van der Waals surface area contributed by atoms with E-state index in [0.29, 0.717) is 28.1 Å². The Kier molecular flexibility index (Phi) is 7.51. The minimum Gasteiger partial charge on any atom is -0.379 e. The van der Waals surface area contributed by atoms with Crippen LogP contribution in [0.15, 0.2) is 42.6 Å². The molecule has 0 N–H and O–H groups in total. The maximum absolute atomic E-state index is 13.9. The van der Waals surface area contributed by atoms with E-state index in [2.05, 4.69) is 9.88 Å². The number of carbonyl (C=O) groups is 1. The van der Waals surface area contributed by atoms with E-state index in [9.17, 15) is 4.79 Å². The lowest BCUT2D eigenvalue weighted by molar-refractivity contribution is 0.0376. The Morgan fingerprint density at radius 2 is 2.00 bits per heavy atom. The Morgan fingerprint density at radius 3 is 2.79 bits per heavy atom. The number of fused-ring (bicyclic) bond motifs is 2. The average molecular weight is 506 g/mol. The van der Waals surface area contributed by atoms with Gasteiger partial charge >= 0.3 is 0 Å². The van der Waals surface area contributed by atoms with Gasteiger partial charge in [-0.2, -0.15) is 0 Å². The molecule has 0 spiro atoms. The smallest absolute Gasteiger partial charge is 0.278 e. The summed E-state index contributed by atoms with van der Waals surface area (Å²) in [7, 11) is 0. The lowest BCUT2D eigenvalue weighted by atomic mass is 10.2. The first-order valence-corrected chi connectivity index (χ1v) is 11.9. The van der Waals surface area contributed by atoms with Crippen LogP contribution in [0, 0.1) is 6.92 Å². The first-order chi connectivity index (χ1) is 15.6. The highest BCUT2D eigenvalue weighted by Gasteiger charge is 2.26. The van der Waals surface area contributed by atoms with Crippen LogP contribution in [-0.4, -0.2) is 64.6 Å². The maximum atomic E-state index is 13.9. The van der Waals surface area contributed by atoms with E-state index in [1.807, 2.05) is 53.9 Å². The quantitative estimate of drug-likeness (QED) is 0.380. The van der Waals surface area contributed by atoms with Gasteiger partial charge in [0.05, 0.1) is 28.6 Å². The first kappa shape index (κ1) is 23.9. The highest BCUT2D eigenvalue weighted by atomic mass is 35.5. The number of ether oxygens (including phenoxy) is 1. The third-order valence-electron chi connectivity index (χ3n) is 5.70. The fourth-order valence-electron chi connectivity index (χ4n) is 4.08. The number of imidazole rings is 1. The molecule has 7 nitrogen and oxygen atoms in total. The van der Waals surface area contributed by atoms with Crippen molar-refractivity contribution < 1.29 is 9.53 Å². The first-order valence-electron chi connectivity index (χ1n) is 10.7. The van der Waals surface area contributed by atoms with Gasteiger partial charge in [-0.05, 0) is 37.6 Å². The maximum Gasteiger partial charge on any atom is 0.278 e. The van der Waals surface area contributed by atoms with E-state index < -0.39 is 0 Å². The van der Waals surface area contributed by atoms with Crippen LogP contribution in [0.3, 0.4) is 0 Å². The molecule has 1 saturated heterocycles. The fraction of sp³-hybridized carbons (Fsp3) is 0.348. The number of halogens is 2. The van der Waals surface area contributed by atoms with E-state index in [-0.39, 0.29) is 18.3 Å². The van der Waals surface area contributed by atoms with Gasteiger partial charge in [-0.15, -0.1) is 12.4 Å². The van der Waals surface area contributed by atoms with Gasteiger partial charge < -0.3 is 4.74 Å². The van der Waals surface area contributed by atoms with Gasteiger partial charge in [-0.1, -0.05) is 35.1 Å². The molecule has 0 saturated carbocycles. The van der Waals surface area contributed by atoms with Crippen molar-refractivity contribution in [1.29, 1.82) is 0 Å². The molecular formula is C23H25Cl2N5O2S. The molecule has 0 unspecified atom stereocenters. The van der Waals surface area contributed by atoms with Crippen molar-refractivity contribution >= 4 is 62.2 Å². The molecule has 3 aromatic heterocycles. The molecule has 1 aliphatic heterocycles. The van der Waals surface area contributed by atoms with E-state index >= 15 is 0 Å². The number of anilines is 1. The van der Waals surface area contributed by atoms with Crippen LogP contribution in [0.25, 0.3) is 15.9 Å². The zero-order valence-corrected chi connectivity index (χ0v) is 20.6. The molecular weight excluding hydrogens is 481 g/mol. The Bertz CT molecular complexity index is 1270. The van der Waals surface area contributed by atoms with E-state index in [1.54, 1.807) is 4.90 Å². The zero-order valence-electron chi connectivity index (χ0n) is 18.2. The van der Waals surface area contributed by atoms with Crippen LogP contribution < -0.4 is 4.90 Å². The molecule has 174 valence electrons. The van der Waals surface area contributed by atoms with Gasteiger partial charge in [-0.3, -0.25) is 19.0 Å². The molecule has 10 heteroatoms. The standard InChI is InChI=1S/C23H24ClN5O2S.ClH/c1-16-21(28-10-3-2-8-19(28)25-16)22(30)29(11-5-9-27-12-14-31-15-13-27)23-26-20-17(24)6-4-7-18(20)32-23;/h2-4,6-8,10H,5,9,11-15H2,1H3;1H. The highest BCUT2D eigenvalue weighted by Crippen LogP contribution is 2.33. The number of carbonyl (C=O) groups excluding carboxylic acids is 1. The SMILES string of the molecule is Cc1nc2ccccn2c1C(=O)N(CCCN1CCOCC1)c1nc2c(Cl)cccc2s1.Cl. The zero-order chi connectivity index (χ0) is 22.1. The number of thiazole rings is 1. The number of hydrogen-bond acceptors (Lipinski definition) is 6. The molecule has 1 aliphatic rings. The summed E-state index contributed by atoms with van der Waals surface area (Å²) in [5.41, 5.74) is 2.76. The van der Waals surface area contributed by atoms with E-state index in [1.165, 1.54) is 11.3 Å². The molecule has 1 aromatic carbocycles. The number of pyridine rings is 1. The molecule has 4 heterocycles. The Labute approximate surface area is 207 Å². The van der Waals surface area contributed by atoms with Gasteiger partial charge in [-0.25, -0.2) is 9.97 Å². The van der Waals surface area contributed by atoms with Gasteiger partial charge in [0, 0.05) is 32.4 Å². The van der Waals surface area contributed by atoms with E-state index in [4.69, 9.17) is 21.3 Å². The summed E-state index contributed by atoms with van der Waals surface area (Å²) in [5, 5.41) is 1.25. The van der Waals surface area contributed by atoms with Crippen LogP contribution in [0.1, 0.15) is 22.6 Å². The number of rotatable bonds is 6. The van der Waals surface area contributed by atoms with Crippen molar-refractivity contribution in [1.82, 2.24) is 19.3 Å². The third kappa shape index (κ3) is 4.85. The number of amides is 1. The van der Waals surface area contributed by atoms with Gasteiger partial charge in [0.15, 0.2) is 5.13 Å². The van der Waals surface area contributed by atoms with Crippen LogP contribution in [0.4, 0.5) is 5.13 Å². The predicted octanol–water partition coefficient (Wildman–Crippen LogP) is 4.70. The molecule has 0 atom stereocenters. The van der Waals surface area contributed by atoms with Gasteiger partial charge in [0.2, 0.25) is 0 Å². The molecule has 1 fully saturated rings. The molecule has 33 heavy (non-hydrogen) atoms. The van der Waals surface area contributed by atoms with Crippen molar-refractivity contribution in [2.24, 2.45) is 0 Å². The highest BCUT2D eigenvalue weighted by molar-refractivity contribution is 7.22.